The highest BCUT2D eigenvalue weighted by Crippen LogP contribution is 2.52. The summed E-state index contributed by atoms with van der Waals surface area (Å²) in [7, 11) is 1.91. The lowest BCUT2D eigenvalue weighted by Gasteiger charge is -2.25. The van der Waals surface area contributed by atoms with Crippen LogP contribution in [-0.2, 0) is 5.41 Å². The molecule has 0 bridgehead atoms. The standard InChI is InChI=1S/C15H22N2O/c1-4-6-11-12(9-17-13(11)5-2)15(7-8-15)14(10-18)16-3/h4-6,9,14,16-18H,2,7-8,10H2,1,3H3/b6-4-. The van der Waals surface area contributed by atoms with Crippen molar-refractivity contribution in [3.63, 3.8) is 0 Å². The van der Waals surface area contributed by atoms with Crippen LogP contribution in [0.3, 0.4) is 0 Å². The monoisotopic (exact) mass is 246 g/mol. The maximum atomic E-state index is 9.54. The van der Waals surface area contributed by atoms with Gasteiger partial charge in [-0.3, -0.25) is 0 Å². The van der Waals surface area contributed by atoms with E-state index in [4.69, 9.17) is 0 Å². The number of aromatic amines is 1. The lowest BCUT2D eigenvalue weighted by atomic mass is 9.87. The number of rotatable bonds is 6. The van der Waals surface area contributed by atoms with E-state index in [0.717, 1.165) is 18.5 Å². The smallest absolute Gasteiger partial charge is 0.0593 e. The lowest BCUT2D eigenvalue weighted by Crippen LogP contribution is -2.41. The molecule has 1 aromatic heterocycles. The molecule has 2 rings (SSSR count). The van der Waals surface area contributed by atoms with E-state index in [1.165, 1.54) is 11.1 Å². The van der Waals surface area contributed by atoms with Crippen molar-refractivity contribution in [2.24, 2.45) is 0 Å². The van der Waals surface area contributed by atoms with Crippen molar-refractivity contribution in [2.45, 2.75) is 31.2 Å². The highest BCUT2D eigenvalue weighted by molar-refractivity contribution is 5.67. The largest absolute Gasteiger partial charge is 0.395 e. The van der Waals surface area contributed by atoms with Crippen molar-refractivity contribution in [1.29, 1.82) is 0 Å². The summed E-state index contributed by atoms with van der Waals surface area (Å²) in [4.78, 5) is 3.28. The molecule has 1 aliphatic carbocycles. The molecular formula is C15H22N2O. The number of hydrogen-bond donors (Lipinski definition) is 3. The van der Waals surface area contributed by atoms with Crippen molar-refractivity contribution in [3.8, 4) is 0 Å². The fraction of sp³-hybridized carbons (Fsp3) is 0.467. The van der Waals surface area contributed by atoms with Gasteiger partial charge in [-0.05, 0) is 38.5 Å². The molecule has 0 aliphatic heterocycles. The second kappa shape index (κ2) is 5.12. The average Bonchev–Trinajstić information content (AvgIpc) is 3.07. The zero-order valence-electron chi connectivity index (χ0n) is 11.2. The summed E-state index contributed by atoms with van der Waals surface area (Å²) in [6, 6.07) is 0.120. The molecule has 18 heavy (non-hydrogen) atoms. The zero-order chi connectivity index (χ0) is 13.2. The van der Waals surface area contributed by atoms with Gasteiger partial charge in [-0.1, -0.05) is 18.7 Å². The molecule has 0 radical (unpaired) electrons. The summed E-state index contributed by atoms with van der Waals surface area (Å²) in [5, 5.41) is 12.8. The number of aromatic nitrogens is 1. The molecule has 1 aromatic rings. The van der Waals surface area contributed by atoms with E-state index in [0.29, 0.717) is 0 Å². The predicted octanol–water partition coefficient (Wildman–Crippen LogP) is 2.30. The number of nitrogens with one attached hydrogen (secondary N) is 2. The van der Waals surface area contributed by atoms with Crippen LogP contribution in [0.25, 0.3) is 12.2 Å². The third kappa shape index (κ3) is 1.93. The summed E-state index contributed by atoms with van der Waals surface area (Å²) in [6.45, 7) is 6.03. The zero-order valence-corrected chi connectivity index (χ0v) is 11.2. The van der Waals surface area contributed by atoms with E-state index < -0.39 is 0 Å². The Hall–Kier alpha value is -1.32. The van der Waals surface area contributed by atoms with Crippen molar-refractivity contribution in [2.75, 3.05) is 13.7 Å². The Balaban J connectivity index is 2.45. The molecule has 1 fully saturated rings. The maximum Gasteiger partial charge on any atom is 0.0593 e. The van der Waals surface area contributed by atoms with Crippen molar-refractivity contribution in [1.82, 2.24) is 10.3 Å². The van der Waals surface area contributed by atoms with E-state index in [1.54, 1.807) is 0 Å². The van der Waals surface area contributed by atoms with Crippen LogP contribution >= 0.6 is 0 Å². The third-order valence-electron chi connectivity index (χ3n) is 4.01. The fourth-order valence-electron chi connectivity index (χ4n) is 2.86. The van der Waals surface area contributed by atoms with E-state index in [1.807, 2.05) is 26.1 Å². The van der Waals surface area contributed by atoms with Gasteiger partial charge >= 0.3 is 0 Å². The minimum Gasteiger partial charge on any atom is -0.395 e. The first-order chi connectivity index (χ1) is 8.73. The summed E-state index contributed by atoms with van der Waals surface area (Å²) in [5.74, 6) is 0. The summed E-state index contributed by atoms with van der Waals surface area (Å²) in [5.41, 5.74) is 3.64. The molecule has 98 valence electrons. The van der Waals surface area contributed by atoms with Gasteiger partial charge in [0.15, 0.2) is 0 Å². The minimum absolute atomic E-state index is 0.0795. The number of likely N-dealkylation sites (N-methyl/N-ethyl adjacent to an activating group) is 1. The van der Waals surface area contributed by atoms with Crippen molar-refractivity contribution >= 4 is 12.2 Å². The average molecular weight is 246 g/mol. The molecule has 1 heterocycles. The van der Waals surface area contributed by atoms with Gasteiger partial charge in [0.25, 0.3) is 0 Å². The quantitative estimate of drug-likeness (QED) is 0.721. The van der Waals surface area contributed by atoms with Crippen molar-refractivity contribution < 1.29 is 5.11 Å². The Kier molecular flexibility index (Phi) is 3.73. The SMILES string of the molecule is C=Cc1[nH]cc(C2(C(CO)NC)CC2)c1/C=C\C. The van der Waals surface area contributed by atoms with Crippen LogP contribution in [0.2, 0.25) is 0 Å². The Morgan fingerprint density at radius 1 is 1.61 bits per heavy atom. The molecule has 3 heteroatoms. The third-order valence-corrected chi connectivity index (χ3v) is 4.01. The molecule has 3 nitrogen and oxygen atoms in total. The Morgan fingerprint density at radius 3 is 2.78 bits per heavy atom. The fourth-order valence-corrected chi connectivity index (χ4v) is 2.86. The van der Waals surface area contributed by atoms with E-state index in [2.05, 4.69) is 29.2 Å². The first-order valence-electron chi connectivity index (χ1n) is 6.48. The highest BCUT2D eigenvalue weighted by atomic mass is 16.3. The predicted molar refractivity (Wildman–Crippen MR) is 76.4 cm³/mol. The molecule has 0 spiro atoms. The lowest BCUT2D eigenvalue weighted by molar-refractivity contribution is 0.222. The molecule has 1 unspecified atom stereocenters. The van der Waals surface area contributed by atoms with Gasteiger partial charge in [0.1, 0.15) is 0 Å². The Bertz CT molecular complexity index is 451. The van der Waals surface area contributed by atoms with Crippen LogP contribution in [0.5, 0.6) is 0 Å². The van der Waals surface area contributed by atoms with Crippen LogP contribution in [0.4, 0.5) is 0 Å². The van der Waals surface area contributed by atoms with Gasteiger partial charge in [-0.15, -0.1) is 0 Å². The summed E-state index contributed by atoms with van der Waals surface area (Å²) in [6.07, 6.45) is 10.3. The Morgan fingerprint density at radius 2 is 2.33 bits per heavy atom. The van der Waals surface area contributed by atoms with E-state index >= 15 is 0 Å². The molecule has 0 aromatic carbocycles. The minimum atomic E-state index is 0.0795. The second-order valence-corrected chi connectivity index (χ2v) is 4.91. The van der Waals surface area contributed by atoms with E-state index in [9.17, 15) is 5.11 Å². The second-order valence-electron chi connectivity index (χ2n) is 4.91. The van der Waals surface area contributed by atoms with Gasteiger partial charge < -0.3 is 15.4 Å². The van der Waals surface area contributed by atoms with Crippen LogP contribution in [0.1, 0.15) is 36.6 Å². The first kappa shape index (κ1) is 13.1. The van der Waals surface area contributed by atoms with Gasteiger partial charge in [0.2, 0.25) is 0 Å². The molecule has 1 saturated carbocycles. The van der Waals surface area contributed by atoms with Crippen LogP contribution < -0.4 is 5.32 Å². The van der Waals surface area contributed by atoms with Gasteiger partial charge in [0, 0.05) is 28.9 Å². The molecule has 1 aliphatic rings. The topological polar surface area (TPSA) is 48.0 Å². The van der Waals surface area contributed by atoms with Crippen LogP contribution in [-0.4, -0.2) is 29.8 Å². The normalized spacial score (nSPS) is 19.1. The highest BCUT2D eigenvalue weighted by Gasteiger charge is 2.51. The molecule has 0 amide bonds. The number of aliphatic hydroxyl groups excluding tert-OH is 1. The van der Waals surface area contributed by atoms with Gasteiger partial charge in [-0.25, -0.2) is 0 Å². The molecule has 0 saturated heterocycles. The van der Waals surface area contributed by atoms with Crippen molar-refractivity contribution in [3.05, 3.63) is 35.7 Å². The van der Waals surface area contributed by atoms with E-state index in [-0.39, 0.29) is 18.1 Å². The van der Waals surface area contributed by atoms with Crippen LogP contribution in [0.15, 0.2) is 18.9 Å². The summed E-state index contributed by atoms with van der Waals surface area (Å²) >= 11 is 0. The Labute approximate surface area is 109 Å². The van der Waals surface area contributed by atoms with Gasteiger partial charge in [0.05, 0.1) is 6.61 Å². The molecule has 3 N–H and O–H groups in total. The van der Waals surface area contributed by atoms with Crippen LogP contribution in [0, 0.1) is 0 Å². The number of H-pyrrole nitrogens is 1. The number of hydrogen-bond acceptors (Lipinski definition) is 2. The maximum absolute atomic E-state index is 9.54. The number of aliphatic hydroxyl groups is 1. The number of allylic oxidation sites excluding steroid dienone is 1. The summed E-state index contributed by atoms with van der Waals surface area (Å²) < 4.78 is 0. The molecule has 1 atom stereocenters. The first-order valence-corrected chi connectivity index (χ1v) is 6.48. The van der Waals surface area contributed by atoms with Gasteiger partial charge in [-0.2, -0.15) is 0 Å². The molecular weight excluding hydrogens is 224 g/mol.